The zero-order chi connectivity index (χ0) is 26.1. The quantitative estimate of drug-likeness (QED) is 0.294. The molecule has 10 nitrogen and oxygen atoms in total. The van der Waals surface area contributed by atoms with Gasteiger partial charge in [0, 0.05) is 25.4 Å². The SMILES string of the molecule is O=C(/C=C/c1ccco1)NCc1cc(Cl)c(C(=O)N[C@@H](CNC(=O)c2ccccn2)C(=O)O)c(Cl)c1. The molecule has 0 aliphatic rings. The lowest BCUT2D eigenvalue weighted by Crippen LogP contribution is -2.48. The molecule has 3 aromatic rings. The summed E-state index contributed by atoms with van der Waals surface area (Å²) in [6.45, 7) is -0.332. The van der Waals surface area contributed by atoms with Crippen molar-refractivity contribution in [2.75, 3.05) is 6.54 Å². The lowest BCUT2D eigenvalue weighted by molar-refractivity contribution is -0.139. The summed E-state index contributed by atoms with van der Waals surface area (Å²) in [7, 11) is 0. The molecule has 186 valence electrons. The Hall–Kier alpha value is -4.15. The molecular weight excluding hydrogens is 511 g/mol. The van der Waals surface area contributed by atoms with Crippen LogP contribution < -0.4 is 16.0 Å². The molecule has 3 amide bonds. The lowest BCUT2D eigenvalue weighted by atomic mass is 10.1. The summed E-state index contributed by atoms with van der Waals surface area (Å²) in [5, 5.41) is 16.7. The number of carboxylic acid groups (broad SMARTS) is 1. The zero-order valence-electron chi connectivity index (χ0n) is 18.5. The maximum atomic E-state index is 12.7. The molecule has 2 aromatic heterocycles. The zero-order valence-corrected chi connectivity index (χ0v) is 20.0. The number of carbonyl (C=O) groups excluding carboxylic acids is 3. The smallest absolute Gasteiger partial charge is 0.328 e. The number of aromatic nitrogens is 1. The van der Waals surface area contributed by atoms with Crippen molar-refractivity contribution in [3.8, 4) is 0 Å². The second-order valence-electron chi connectivity index (χ2n) is 7.29. The predicted octanol–water partition coefficient (Wildman–Crippen LogP) is 2.92. The van der Waals surface area contributed by atoms with Crippen LogP contribution >= 0.6 is 23.2 Å². The van der Waals surface area contributed by atoms with E-state index in [0.29, 0.717) is 11.3 Å². The summed E-state index contributed by atoms with van der Waals surface area (Å²) in [6, 6.07) is 9.47. The van der Waals surface area contributed by atoms with Crippen molar-refractivity contribution < 1.29 is 28.7 Å². The van der Waals surface area contributed by atoms with Gasteiger partial charge in [-0.25, -0.2) is 4.79 Å². The van der Waals surface area contributed by atoms with Crippen molar-refractivity contribution in [1.29, 1.82) is 0 Å². The van der Waals surface area contributed by atoms with Gasteiger partial charge >= 0.3 is 5.97 Å². The summed E-state index contributed by atoms with van der Waals surface area (Å²) < 4.78 is 5.10. The van der Waals surface area contributed by atoms with Gasteiger partial charge < -0.3 is 25.5 Å². The van der Waals surface area contributed by atoms with Crippen LogP contribution in [0.25, 0.3) is 6.08 Å². The van der Waals surface area contributed by atoms with Gasteiger partial charge in [0.25, 0.3) is 11.8 Å². The highest BCUT2D eigenvalue weighted by Gasteiger charge is 2.25. The number of hydrogen-bond donors (Lipinski definition) is 4. The van der Waals surface area contributed by atoms with Crippen molar-refractivity contribution in [2.24, 2.45) is 0 Å². The maximum absolute atomic E-state index is 12.7. The first kappa shape index (κ1) is 26.5. The van der Waals surface area contributed by atoms with Gasteiger partial charge in [-0.3, -0.25) is 19.4 Å². The van der Waals surface area contributed by atoms with E-state index >= 15 is 0 Å². The fraction of sp³-hybridized carbons (Fsp3) is 0.125. The summed E-state index contributed by atoms with van der Waals surface area (Å²) >= 11 is 12.5. The van der Waals surface area contributed by atoms with Crippen molar-refractivity contribution in [1.82, 2.24) is 20.9 Å². The molecule has 12 heteroatoms. The summed E-state index contributed by atoms with van der Waals surface area (Å²) in [5.41, 5.74) is 0.463. The van der Waals surface area contributed by atoms with Crippen LogP contribution in [0.4, 0.5) is 0 Å². The molecular formula is C24H20Cl2N4O6. The molecule has 0 aliphatic heterocycles. The second kappa shape index (κ2) is 12.5. The van der Waals surface area contributed by atoms with Crippen LogP contribution in [-0.2, 0) is 16.1 Å². The van der Waals surface area contributed by atoms with E-state index in [4.69, 9.17) is 27.6 Å². The summed E-state index contributed by atoms with van der Waals surface area (Å²) in [5.74, 6) is -2.70. The van der Waals surface area contributed by atoms with E-state index in [0.717, 1.165) is 0 Å². The first-order chi connectivity index (χ1) is 17.2. The number of furan rings is 1. The standard InChI is InChI=1S/C24H20Cl2N4O6/c25-16-10-14(12-28-20(31)7-6-15-4-3-9-36-15)11-17(26)21(16)23(33)30-19(24(34)35)13-29-22(32)18-5-1-2-8-27-18/h1-11,19H,12-13H2,(H,28,31)(H,29,32)(H,30,33)(H,34,35)/b7-6+/t19-/m0/s1. The van der Waals surface area contributed by atoms with Gasteiger partial charge in [0.2, 0.25) is 5.91 Å². The number of halogens is 2. The molecule has 4 N–H and O–H groups in total. The third-order valence-electron chi connectivity index (χ3n) is 4.71. The van der Waals surface area contributed by atoms with Gasteiger partial charge in [-0.05, 0) is 48.0 Å². The van der Waals surface area contributed by atoms with E-state index in [9.17, 15) is 24.3 Å². The summed E-state index contributed by atoms with van der Waals surface area (Å²) in [4.78, 5) is 52.3. The van der Waals surface area contributed by atoms with Crippen molar-refractivity contribution in [3.63, 3.8) is 0 Å². The monoisotopic (exact) mass is 530 g/mol. The molecule has 0 spiro atoms. The van der Waals surface area contributed by atoms with E-state index in [2.05, 4.69) is 20.9 Å². The highest BCUT2D eigenvalue weighted by molar-refractivity contribution is 6.39. The number of hydrogen-bond acceptors (Lipinski definition) is 6. The Morgan fingerprint density at radius 1 is 1.03 bits per heavy atom. The van der Waals surface area contributed by atoms with Gasteiger partial charge in [0.05, 0.1) is 21.9 Å². The van der Waals surface area contributed by atoms with Gasteiger partial charge in [0.1, 0.15) is 17.5 Å². The second-order valence-corrected chi connectivity index (χ2v) is 8.10. The van der Waals surface area contributed by atoms with E-state index < -0.39 is 36.3 Å². The molecule has 2 heterocycles. The van der Waals surface area contributed by atoms with Crippen LogP contribution in [0.1, 0.15) is 32.2 Å². The van der Waals surface area contributed by atoms with E-state index in [1.165, 1.54) is 42.8 Å². The van der Waals surface area contributed by atoms with Crippen LogP contribution in [0.2, 0.25) is 10.0 Å². The number of nitrogens with zero attached hydrogens (tertiary/aromatic N) is 1. The van der Waals surface area contributed by atoms with Gasteiger partial charge in [0.15, 0.2) is 0 Å². The van der Waals surface area contributed by atoms with Gasteiger partial charge in [-0.15, -0.1) is 0 Å². The Balaban J connectivity index is 1.60. The molecule has 36 heavy (non-hydrogen) atoms. The number of aliphatic carboxylic acids is 1. The highest BCUT2D eigenvalue weighted by atomic mass is 35.5. The molecule has 1 aromatic carbocycles. The minimum Gasteiger partial charge on any atom is -0.480 e. The number of carboxylic acids is 1. The Bertz CT molecular complexity index is 1260. The Labute approximate surface area is 215 Å². The number of benzene rings is 1. The third kappa shape index (κ3) is 7.42. The van der Waals surface area contributed by atoms with Gasteiger partial charge in [-0.1, -0.05) is 29.3 Å². The van der Waals surface area contributed by atoms with E-state index in [1.54, 1.807) is 24.3 Å². The number of amides is 3. The molecule has 3 rings (SSSR count). The van der Waals surface area contributed by atoms with Crippen LogP contribution in [0.3, 0.4) is 0 Å². The molecule has 1 atom stereocenters. The topological polar surface area (TPSA) is 151 Å². The average Bonchev–Trinajstić information content (AvgIpc) is 3.37. The van der Waals surface area contributed by atoms with Gasteiger partial charge in [-0.2, -0.15) is 0 Å². The predicted molar refractivity (Wildman–Crippen MR) is 132 cm³/mol. The van der Waals surface area contributed by atoms with Crippen molar-refractivity contribution in [2.45, 2.75) is 12.6 Å². The minimum atomic E-state index is -1.46. The molecule has 0 saturated carbocycles. The first-order valence-corrected chi connectivity index (χ1v) is 11.2. The molecule has 0 bridgehead atoms. The van der Waals surface area contributed by atoms with Crippen molar-refractivity contribution >= 4 is 53.0 Å². The lowest BCUT2D eigenvalue weighted by Gasteiger charge is -2.17. The fourth-order valence-corrected chi connectivity index (χ4v) is 3.65. The van der Waals surface area contributed by atoms with Crippen LogP contribution in [0, 0.1) is 0 Å². The third-order valence-corrected chi connectivity index (χ3v) is 5.30. The van der Waals surface area contributed by atoms with Crippen LogP contribution in [-0.4, -0.2) is 46.4 Å². The Kier molecular flexibility index (Phi) is 9.20. The van der Waals surface area contributed by atoms with E-state index in [1.807, 2.05) is 0 Å². The van der Waals surface area contributed by atoms with Crippen LogP contribution in [0.15, 0.2) is 65.4 Å². The Morgan fingerprint density at radius 2 is 1.78 bits per heavy atom. The number of nitrogens with one attached hydrogen (secondary N) is 3. The van der Waals surface area contributed by atoms with Crippen molar-refractivity contribution in [3.05, 3.63) is 93.6 Å². The molecule has 0 radical (unpaired) electrons. The highest BCUT2D eigenvalue weighted by Crippen LogP contribution is 2.27. The molecule has 0 unspecified atom stereocenters. The molecule has 0 saturated heterocycles. The van der Waals surface area contributed by atoms with Crippen LogP contribution in [0.5, 0.6) is 0 Å². The normalized spacial score (nSPS) is 11.6. The first-order valence-electron chi connectivity index (χ1n) is 10.4. The maximum Gasteiger partial charge on any atom is 0.328 e. The Morgan fingerprint density at radius 3 is 2.39 bits per heavy atom. The number of pyridine rings is 1. The molecule has 0 fully saturated rings. The average molecular weight is 531 g/mol. The minimum absolute atomic E-state index is 0.0444. The number of rotatable bonds is 10. The van der Waals surface area contributed by atoms with E-state index in [-0.39, 0.29) is 27.8 Å². The largest absolute Gasteiger partial charge is 0.480 e. The number of carbonyl (C=O) groups is 4. The summed E-state index contributed by atoms with van der Waals surface area (Å²) in [6.07, 6.45) is 5.70. The molecule has 0 aliphatic carbocycles. The fourth-order valence-electron chi connectivity index (χ4n) is 2.95.